The molecule has 0 unspecified atom stereocenters. The first-order valence-electron chi connectivity index (χ1n) is 7.38. The summed E-state index contributed by atoms with van der Waals surface area (Å²) in [5.41, 5.74) is 1.84. The van der Waals surface area contributed by atoms with Crippen molar-refractivity contribution in [2.45, 2.75) is 19.3 Å². The molecule has 7 heteroatoms. The molecule has 0 aliphatic carbocycles. The van der Waals surface area contributed by atoms with E-state index in [4.69, 9.17) is 0 Å². The van der Waals surface area contributed by atoms with Crippen molar-refractivity contribution in [3.63, 3.8) is 0 Å². The lowest BCUT2D eigenvalue weighted by Gasteiger charge is -2.04. The molecule has 3 aromatic heterocycles. The summed E-state index contributed by atoms with van der Waals surface area (Å²) in [4.78, 5) is 16.3. The molecular weight excluding hydrogens is 313 g/mol. The number of aryl methyl sites for hydroxylation is 1. The summed E-state index contributed by atoms with van der Waals surface area (Å²) in [5, 5.41) is 6.24. The van der Waals surface area contributed by atoms with Crippen molar-refractivity contribution in [2.75, 3.05) is 11.9 Å². The Bertz CT molecular complexity index is 747. The van der Waals surface area contributed by atoms with Crippen LogP contribution in [-0.4, -0.2) is 26.5 Å². The van der Waals surface area contributed by atoms with Crippen molar-refractivity contribution < 1.29 is 4.39 Å². The highest BCUT2D eigenvalue weighted by Crippen LogP contribution is 2.20. The van der Waals surface area contributed by atoms with Gasteiger partial charge in [-0.15, -0.1) is 11.3 Å². The molecule has 0 bridgehead atoms. The van der Waals surface area contributed by atoms with E-state index in [2.05, 4.69) is 25.3 Å². The first-order valence-corrected chi connectivity index (χ1v) is 8.26. The molecule has 0 amide bonds. The fourth-order valence-electron chi connectivity index (χ4n) is 2.11. The highest BCUT2D eigenvalue weighted by molar-refractivity contribution is 7.09. The highest BCUT2D eigenvalue weighted by atomic mass is 32.1. The number of rotatable bonds is 7. The van der Waals surface area contributed by atoms with E-state index in [0.717, 1.165) is 42.2 Å². The number of anilines is 1. The fraction of sp³-hybridized carbons (Fsp3) is 0.250. The Labute approximate surface area is 137 Å². The molecular formula is C16H16FN5S. The molecule has 0 aliphatic heterocycles. The zero-order chi connectivity index (χ0) is 15.9. The molecule has 5 nitrogen and oxygen atoms in total. The van der Waals surface area contributed by atoms with E-state index in [9.17, 15) is 4.39 Å². The Morgan fingerprint density at radius 2 is 2.04 bits per heavy atom. The predicted octanol–water partition coefficient (Wildman–Crippen LogP) is 3.57. The Balaban J connectivity index is 1.42. The van der Waals surface area contributed by atoms with Gasteiger partial charge < -0.3 is 5.32 Å². The maximum absolute atomic E-state index is 12.9. The average Bonchev–Trinajstić information content (AvgIpc) is 3.04. The van der Waals surface area contributed by atoms with E-state index in [1.165, 1.54) is 12.4 Å². The molecule has 23 heavy (non-hydrogen) atoms. The lowest BCUT2D eigenvalue weighted by molar-refractivity contribution is 0.580. The summed E-state index contributed by atoms with van der Waals surface area (Å²) in [6.07, 6.45) is 5.89. The molecule has 0 atom stereocenters. The second kappa shape index (κ2) is 7.73. The van der Waals surface area contributed by atoms with E-state index in [1.807, 2.05) is 23.6 Å². The van der Waals surface area contributed by atoms with Crippen LogP contribution >= 0.6 is 11.3 Å². The van der Waals surface area contributed by atoms with Crippen molar-refractivity contribution in [1.82, 2.24) is 19.9 Å². The van der Waals surface area contributed by atoms with Crippen LogP contribution < -0.4 is 5.32 Å². The molecule has 3 aromatic rings. The summed E-state index contributed by atoms with van der Waals surface area (Å²) < 4.78 is 12.9. The van der Waals surface area contributed by atoms with Gasteiger partial charge in [0.15, 0.2) is 0 Å². The molecule has 3 heterocycles. The topological polar surface area (TPSA) is 63.6 Å². The fourth-order valence-corrected chi connectivity index (χ4v) is 2.94. The third-order valence-corrected chi connectivity index (χ3v) is 4.14. The zero-order valence-corrected chi connectivity index (χ0v) is 13.3. The van der Waals surface area contributed by atoms with Gasteiger partial charge in [0.05, 0.1) is 16.4 Å². The molecule has 1 N–H and O–H groups in total. The number of halogens is 1. The van der Waals surface area contributed by atoms with Crippen molar-refractivity contribution in [1.29, 1.82) is 0 Å². The van der Waals surface area contributed by atoms with E-state index in [1.54, 1.807) is 17.5 Å². The van der Waals surface area contributed by atoms with Crippen LogP contribution in [0.1, 0.15) is 17.8 Å². The van der Waals surface area contributed by atoms with Gasteiger partial charge in [0.25, 0.3) is 0 Å². The summed E-state index contributed by atoms with van der Waals surface area (Å²) in [5.74, 6) is -0.00322. The van der Waals surface area contributed by atoms with Gasteiger partial charge in [0.1, 0.15) is 12.1 Å². The number of thiazole rings is 1. The first-order chi connectivity index (χ1) is 11.3. The van der Waals surface area contributed by atoms with E-state index < -0.39 is 5.95 Å². The first kappa shape index (κ1) is 15.5. The molecule has 0 fully saturated rings. The number of nitrogens with one attached hydrogen (secondary N) is 1. The van der Waals surface area contributed by atoms with Gasteiger partial charge in [0, 0.05) is 24.2 Å². The summed E-state index contributed by atoms with van der Waals surface area (Å²) in [7, 11) is 0. The van der Waals surface area contributed by atoms with Crippen LogP contribution in [0.5, 0.6) is 0 Å². The molecule has 0 aliphatic rings. The SMILES string of the molecule is Fc1cc(NCCCCc2nc(-c3ccccn3)cs2)ncn1. The number of aromatic nitrogens is 4. The van der Waals surface area contributed by atoms with Crippen LogP contribution in [0, 0.1) is 5.95 Å². The average molecular weight is 329 g/mol. The number of hydrogen-bond acceptors (Lipinski definition) is 6. The maximum Gasteiger partial charge on any atom is 0.217 e. The Morgan fingerprint density at radius 1 is 1.09 bits per heavy atom. The Hall–Kier alpha value is -2.41. The van der Waals surface area contributed by atoms with Crippen LogP contribution in [0.3, 0.4) is 0 Å². The van der Waals surface area contributed by atoms with Gasteiger partial charge >= 0.3 is 0 Å². The third-order valence-electron chi connectivity index (χ3n) is 3.24. The molecule has 0 saturated heterocycles. The van der Waals surface area contributed by atoms with Gasteiger partial charge in [-0.1, -0.05) is 6.07 Å². The molecule has 0 aromatic carbocycles. The van der Waals surface area contributed by atoms with E-state index >= 15 is 0 Å². The largest absolute Gasteiger partial charge is 0.370 e. The Kier molecular flexibility index (Phi) is 5.21. The van der Waals surface area contributed by atoms with E-state index in [0.29, 0.717) is 5.82 Å². The molecule has 0 radical (unpaired) electrons. The van der Waals surface area contributed by atoms with Gasteiger partial charge in [-0.2, -0.15) is 4.39 Å². The van der Waals surface area contributed by atoms with Crippen LogP contribution in [0.25, 0.3) is 11.4 Å². The lowest BCUT2D eigenvalue weighted by Crippen LogP contribution is -2.04. The molecule has 0 spiro atoms. The summed E-state index contributed by atoms with van der Waals surface area (Å²) in [6, 6.07) is 7.11. The van der Waals surface area contributed by atoms with Crippen LogP contribution in [0.2, 0.25) is 0 Å². The minimum absolute atomic E-state index is 0.518. The Morgan fingerprint density at radius 3 is 2.87 bits per heavy atom. The normalized spacial score (nSPS) is 10.7. The second-order valence-corrected chi connectivity index (χ2v) is 5.89. The second-order valence-electron chi connectivity index (χ2n) is 4.95. The summed E-state index contributed by atoms with van der Waals surface area (Å²) >= 11 is 1.66. The van der Waals surface area contributed by atoms with Gasteiger partial charge in [0.2, 0.25) is 5.95 Å². The molecule has 118 valence electrons. The number of nitrogens with zero attached hydrogens (tertiary/aromatic N) is 4. The van der Waals surface area contributed by atoms with E-state index in [-0.39, 0.29) is 0 Å². The standard InChI is InChI=1S/C16H16FN5S/c17-14-9-15(21-11-20-14)19-8-4-2-6-16-22-13(10-23-16)12-5-1-3-7-18-12/h1,3,5,7,9-11H,2,4,6,8H2,(H,19,20,21). The van der Waals surface area contributed by atoms with Gasteiger partial charge in [-0.25, -0.2) is 15.0 Å². The van der Waals surface area contributed by atoms with Gasteiger partial charge in [-0.3, -0.25) is 4.98 Å². The third kappa shape index (κ3) is 4.53. The van der Waals surface area contributed by atoms with Crippen molar-refractivity contribution >= 4 is 17.2 Å². The quantitative estimate of drug-likeness (QED) is 0.530. The monoisotopic (exact) mass is 329 g/mol. The predicted molar refractivity (Wildman–Crippen MR) is 88.8 cm³/mol. The smallest absolute Gasteiger partial charge is 0.217 e. The van der Waals surface area contributed by atoms with Crippen molar-refractivity contribution in [3.8, 4) is 11.4 Å². The number of pyridine rings is 1. The minimum atomic E-state index is -0.521. The lowest BCUT2D eigenvalue weighted by atomic mass is 10.2. The minimum Gasteiger partial charge on any atom is -0.370 e. The van der Waals surface area contributed by atoms with Crippen molar-refractivity contribution in [2.24, 2.45) is 0 Å². The van der Waals surface area contributed by atoms with Crippen molar-refractivity contribution in [3.05, 3.63) is 53.1 Å². The molecule has 0 saturated carbocycles. The number of unbranched alkanes of at least 4 members (excludes halogenated alkanes) is 1. The van der Waals surface area contributed by atoms with Crippen LogP contribution in [-0.2, 0) is 6.42 Å². The highest BCUT2D eigenvalue weighted by Gasteiger charge is 2.05. The zero-order valence-electron chi connectivity index (χ0n) is 12.4. The van der Waals surface area contributed by atoms with Crippen LogP contribution in [0.15, 0.2) is 42.2 Å². The van der Waals surface area contributed by atoms with Crippen LogP contribution in [0.4, 0.5) is 10.2 Å². The van der Waals surface area contributed by atoms with Gasteiger partial charge in [-0.05, 0) is 31.4 Å². The maximum atomic E-state index is 12.9. The molecule has 3 rings (SSSR count). The summed E-state index contributed by atoms with van der Waals surface area (Å²) in [6.45, 7) is 0.745. The number of hydrogen-bond donors (Lipinski definition) is 1.